The maximum atomic E-state index is 13.1. The predicted octanol–water partition coefficient (Wildman–Crippen LogP) is 3.39. The van der Waals surface area contributed by atoms with Crippen LogP contribution in [-0.4, -0.2) is 73.8 Å². The summed E-state index contributed by atoms with van der Waals surface area (Å²) in [6.45, 7) is 6.68. The van der Waals surface area contributed by atoms with Crippen molar-refractivity contribution >= 4 is 18.1 Å². The molecule has 0 aromatic heterocycles. The van der Waals surface area contributed by atoms with Gasteiger partial charge in [-0.05, 0) is 50.6 Å². The highest BCUT2D eigenvalue weighted by Crippen LogP contribution is 2.36. The summed E-state index contributed by atoms with van der Waals surface area (Å²) in [5.41, 5.74) is 2.68. The van der Waals surface area contributed by atoms with Crippen LogP contribution in [0.15, 0.2) is 42.5 Å². The number of benzene rings is 2. The first-order chi connectivity index (χ1) is 18.1. The molecule has 0 saturated heterocycles. The van der Waals surface area contributed by atoms with Crippen molar-refractivity contribution in [2.45, 2.75) is 51.1 Å². The molecule has 0 radical (unpaired) electrons. The molecule has 0 saturated carbocycles. The highest BCUT2D eigenvalue weighted by atomic mass is 16.5. The van der Waals surface area contributed by atoms with Crippen LogP contribution in [0.25, 0.3) is 0 Å². The summed E-state index contributed by atoms with van der Waals surface area (Å²) < 4.78 is 12.0. The van der Waals surface area contributed by atoms with Gasteiger partial charge < -0.3 is 29.4 Å². The Morgan fingerprint density at radius 3 is 2.86 bits per heavy atom. The fourth-order valence-electron chi connectivity index (χ4n) is 5.24. The minimum atomic E-state index is -0.682. The van der Waals surface area contributed by atoms with Gasteiger partial charge in [0.05, 0.1) is 19.8 Å². The first kappa shape index (κ1) is 26.7. The first-order valence-corrected chi connectivity index (χ1v) is 13.2. The van der Waals surface area contributed by atoms with Crippen LogP contribution in [0.3, 0.4) is 0 Å². The first-order valence-electron chi connectivity index (χ1n) is 13.2. The third-order valence-corrected chi connectivity index (χ3v) is 7.35. The summed E-state index contributed by atoms with van der Waals surface area (Å²) in [4.78, 5) is 40.4. The molecular formula is C29H37N3O5. The summed E-state index contributed by atoms with van der Waals surface area (Å²) in [5.74, 6) is 1.68. The molecule has 2 heterocycles. The molecule has 1 unspecified atom stereocenters. The van der Waals surface area contributed by atoms with Gasteiger partial charge in [-0.15, -0.1) is 0 Å². The Morgan fingerprint density at radius 2 is 2.08 bits per heavy atom. The average Bonchev–Trinajstić information content (AvgIpc) is 3.49. The van der Waals surface area contributed by atoms with Gasteiger partial charge in [-0.2, -0.15) is 0 Å². The molecule has 8 nitrogen and oxygen atoms in total. The molecule has 37 heavy (non-hydrogen) atoms. The Labute approximate surface area is 218 Å². The Hall–Kier alpha value is -3.39. The van der Waals surface area contributed by atoms with Crippen LogP contribution in [0.1, 0.15) is 60.0 Å². The van der Waals surface area contributed by atoms with Gasteiger partial charge in [0.15, 0.2) is 0 Å². The van der Waals surface area contributed by atoms with Gasteiger partial charge >= 0.3 is 0 Å². The number of aldehydes is 1. The Morgan fingerprint density at radius 1 is 1.24 bits per heavy atom. The van der Waals surface area contributed by atoms with Crippen molar-refractivity contribution in [3.05, 3.63) is 59.2 Å². The monoisotopic (exact) mass is 507 g/mol. The van der Waals surface area contributed by atoms with E-state index in [-0.39, 0.29) is 18.2 Å². The molecule has 2 amide bonds. The number of hydrogen-bond donors (Lipinski definition) is 1. The van der Waals surface area contributed by atoms with E-state index in [1.165, 1.54) is 5.56 Å². The molecule has 8 heteroatoms. The summed E-state index contributed by atoms with van der Waals surface area (Å²) in [6.07, 6.45) is 3.22. The molecule has 2 aliphatic rings. The van der Waals surface area contributed by atoms with Crippen LogP contribution >= 0.6 is 0 Å². The third kappa shape index (κ3) is 6.13. The Kier molecular flexibility index (Phi) is 9.17. The molecule has 0 spiro atoms. The molecule has 2 aromatic rings. The van der Waals surface area contributed by atoms with E-state index in [9.17, 15) is 14.4 Å². The number of carbonyl (C=O) groups excluding carboxylic acids is 3. The lowest BCUT2D eigenvalue weighted by Gasteiger charge is -2.25. The zero-order valence-corrected chi connectivity index (χ0v) is 21.8. The van der Waals surface area contributed by atoms with Crippen molar-refractivity contribution in [1.29, 1.82) is 0 Å². The number of carbonyl (C=O) groups is 3. The van der Waals surface area contributed by atoms with Crippen LogP contribution < -0.4 is 14.8 Å². The van der Waals surface area contributed by atoms with Gasteiger partial charge in [-0.25, -0.2) is 0 Å². The smallest absolute Gasteiger partial charge is 0.255 e. The highest BCUT2D eigenvalue weighted by Gasteiger charge is 2.37. The SMILES string of the molecule is CCN(CCCOc1cccc2c1CN(C(CCC=O)C(=O)NC)C2=O)CC[C@@H]1COc2ccccc21. The largest absolute Gasteiger partial charge is 0.493 e. The van der Waals surface area contributed by atoms with Crippen LogP contribution in [0.2, 0.25) is 0 Å². The number of nitrogens with one attached hydrogen (secondary N) is 1. The fraction of sp³-hybridized carbons (Fsp3) is 0.483. The molecule has 4 rings (SSSR count). The van der Waals surface area contributed by atoms with Crippen molar-refractivity contribution in [2.24, 2.45) is 0 Å². The van der Waals surface area contributed by atoms with E-state index in [0.29, 0.717) is 36.8 Å². The van der Waals surface area contributed by atoms with Crippen LogP contribution in [0.5, 0.6) is 11.5 Å². The number of fused-ring (bicyclic) bond motifs is 2. The van der Waals surface area contributed by atoms with Gasteiger partial charge in [0.1, 0.15) is 23.8 Å². The lowest BCUT2D eigenvalue weighted by Crippen LogP contribution is -2.46. The number of hydrogen-bond acceptors (Lipinski definition) is 6. The van der Waals surface area contributed by atoms with E-state index in [4.69, 9.17) is 9.47 Å². The van der Waals surface area contributed by atoms with Crippen LogP contribution in [0, 0.1) is 0 Å². The quantitative estimate of drug-likeness (QED) is 0.312. The number of ether oxygens (including phenoxy) is 2. The zero-order valence-electron chi connectivity index (χ0n) is 21.8. The third-order valence-electron chi connectivity index (χ3n) is 7.35. The van der Waals surface area contributed by atoms with Gasteiger partial charge in [-0.1, -0.05) is 31.2 Å². The van der Waals surface area contributed by atoms with Crippen molar-refractivity contribution in [3.8, 4) is 11.5 Å². The van der Waals surface area contributed by atoms with Crippen molar-refractivity contribution in [3.63, 3.8) is 0 Å². The second-order valence-corrected chi connectivity index (χ2v) is 9.56. The molecule has 0 fully saturated rings. The summed E-state index contributed by atoms with van der Waals surface area (Å²) >= 11 is 0. The van der Waals surface area contributed by atoms with Gasteiger partial charge in [0.2, 0.25) is 5.91 Å². The van der Waals surface area contributed by atoms with E-state index in [0.717, 1.165) is 56.7 Å². The standard InChI is InChI=1S/C29H37N3O5/c1-3-31(16-14-21-20-37-26-12-5-4-9-22(21)26)15-8-18-36-27-13-6-10-23-24(27)19-32(29(23)35)25(11-7-17-33)28(34)30-2/h4-6,9-10,12-13,17,21,25H,3,7-8,11,14-16,18-20H2,1-2H3,(H,30,34)/t21-,25?/m1/s1. The van der Waals surface area contributed by atoms with Gasteiger partial charge in [0.25, 0.3) is 5.91 Å². The molecule has 1 N–H and O–H groups in total. The summed E-state index contributed by atoms with van der Waals surface area (Å²) in [7, 11) is 1.54. The number of amides is 2. The fourth-order valence-corrected chi connectivity index (χ4v) is 5.24. The number of nitrogens with zero attached hydrogens (tertiary/aromatic N) is 2. The average molecular weight is 508 g/mol. The van der Waals surface area contributed by atoms with E-state index in [1.54, 1.807) is 18.0 Å². The van der Waals surface area contributed by atoms with Crippen molar-refractivity contribution in [1.82, 2.24) is 15.1 Å². The van der Waals surface area contributed by atoms with Crippen LogP contribution in [0.4, 0.5) is 0 Å². The minimum Gasteiger partial charge on any atom is -0.493 e. The lowest BCUT2D eigenvalue weighted by atomic mass is 9.98. The molecule has 2 aliphatic heterocycles. The second kappa shape index (κ2) is 12.7. The number of para-hydroxylation sites is 1. The molecule has 2 aromatic carbocycles. The maximum Gasteiger partial charge on any atom is 0.255 e. The Balaban J connectivity index is 1.29. The minimum absolute atomic E-state index is 0.199. The molecule has 198 valence electrons. The van der Waals surface area contributed by atoms with Crippen molar-refractivity contribution in [2.75, 3.05) is 39.9 Å². The van der Waals surface area contributed by atoms with Crippen LogP contribution in [-0.2, 0) is 16.1 Å². The zero-order chi connectivity index (χ0) is 26.2. The molecule has 0 bridgehead atoms. The maximum absolute atomic E-state index is 13.1. The summed E-state index contributed by atoms with van der Waals surface area (Å²) in [6, 6.07) is 13.1. The molecular weight excluding hydrogens is 470 g/mol. The molecule has 2 atom stereocenters. The normalized spacial score (nSPS) is 16.8. The van der Waals surface area contributed by atoms with E-state index >= 15 is 0 Å². The van der Waals surface area contributed by atoms with E-state index in [2.05, 4.69) is 29.3 Å². The molecule has 0 aliphatic carbocycles. The van der Waals surface area contributed by atoms with E-state index in [1.807, 2.05) is 24.3 Å². The topological polar surface area (TPSA) is 88.2 Å². The second-order valence-electron chi connectivity index (χ2n) is 9.56. The van der Waals surface area contributed by atoms with Gasteiger partial charge in [-0.3, -0.25) is 9.59 Å². The Bertz CT molecular complexity index is 1100. The number of rotatable bonds is 14. The predicted molar refractivity (Wildman–Crippen MR) is 141 cm³/mol. The lowest BCUT2D eigenvalue weighted by molar-refractivity contribution is -0.125. The number of likely N-dealkylation sites (N-methyl/N-ethyl adjacent to an activating group) is 1. The van der Waals surface area contributed by atoms with Crippen molar-refractivity contribution < 1.29 is 23.9 Å². The van der Waals surface area contributed by atoms with Gasteiger partial charge in [0, 0.05) is 42.6 Å². The van der Waals surface area contributed by atoms with E-state index < -0.39 is 6.04 Å². The highest BCUT2D eigenvalue weighted by molar-refractivity contribution is 6.01. The summed E-state index contributed by atoms with van der Waals surface area (Å²) in [5, 5.41) is 2.61.